The number of amides is 1. The zero-order chi connectivity index (χ0) is 18.5. The highest BCUT2D eigenvalue weighted by Gasteiger charge is 2.12. The van der Waals surface area contributed by atoms with Crippen LogP contribution >= 0.6 is 46.3 Å². The molecule has 0 radical (unpaired) electrons. The number of benzene rings is 2. The lowest BCUT2D eigenvalue weighted by Gasteiger charge is -2.08. The van der Waals surface area contributed by atoms with Crippen LogP contribution in [0, 0.1) is 0 Å². The van der Waals surface area contributed by atoms with Gasteiger partial charge < -0.3 is 10.1 Å². The van der Waals surface area contributed by atoms with Crippen molar-refractivity contribution in [1.29, 1.82) is 0 Å². The average molecular weight is 427 g/mol. The number of nitrogens with one attached hydrogen (secondary N) is 1. The molecule has 134 valence electrons. The number of esters is 1. The third-order valence-corrected chi connectivity index (χ3v) is 5.87. The van der Waals surface area contributed by atoms with Gasteiger partial charge in [0.1, 0.15) is 0 Å². The van der Waals surface area contributed by atoms with E-state index in [0.717, 1.165) is 14.6 Å². The first-order valence-corrected chi connectivity index (χ1v) is 9.96. The molecule has 0 aliphatic carbocycles. The predicted octanol–water partition coefficient (Wildman–Crippen LogP) is 4.88. The van der Waals surface area contributed by atoms with Gasteiger partial charge in [-0.25, -0.2) is 4.98 Å². The molecule has 1 N–H and O–H groups in total. The van der Waals surface area contributed by atoms with E-state index < -0.39 is 18.5 Å². The van der Waals surface area contributed by atoms with Crippen molar-refractivity contribution in [3.8, 4) is 0 Å². The van der Waals surface area contributed by atoms with Crippen LogP contribution in [0.5, 0.6) is 0 Å². The standard InChI is InChI=1S/C17H12Cl2N2O3S2/c18-10-5-6-11(19)13(7-10)20-15(22)8-24-16(23)9-25-17-21-12-3-1-2-4-14(12)26-17/h1-7H,8-9H2,(H,20,22). The van der Waals surface area contributed by atoms with Crippen LogP contribution in [0.3, 0.4) is 0 Å². The molecule has 0 saturated carbocycles. The highest BCUT2D eigenvalue weighted by molar-refractivity contribution is 8.01. The fourth-order valence-electron chi connectivity index (χ4n) is 2.00. The van der Waals surface area contributed by atoms with Crippen LogP contribution in [-0.4, -0.2) is 29.2 Å². The third kappa shape index (κ3) is 5.11. The number of para-hydroxylation sites is 1. The quantitative estimate of drug-likeness (QED) is 0.449. The smallest absolute Gasteiger partial charge is 0.316 e. The number of nitrogens with zero attached hydrogens (tertiary/aromatic N) is 1. The Labute approximate surface area is 167 Å². The van der Waals surface area contributed by atoms with Crippen LogP contribution < -0.4 is 5.32 Å². The number of carbonyl (C=O) groups excluding carboxylic acids is 2. The van der Waals surface area contributed by atoms with E-state index in [1.165, 1.54) is 29.2 Å². The van der Waals surface area contributed by atoms with Gasteiger partial charge in [0.05, 0.1) is 26.7 Å². The number of ether oxygens (including phenoxy) is 1. The van der Waals surface area contributed by atoms with Gasteiger partial charge in [-0.15, -0.1) is 11.3 Å². The van der Waals surface area contributed by atoms with Crippen LogP contribution in [0.2, 0.25) is 10.0 Å². The molecule has 0 aliphatic rings. The normalized spacial score (nSPS) is 10.7. The second-order valence-electron chi connectivity index (χ2n) is 5.07. The van der Waals surface area contributed by atoms with Crippen molar-refractivity contribution in [3.63, 3.8) is 0 Å². The molecular formula is C17H12Cl2N2O3S2. The first-order valence-electron chi connectivity index (χ1n) is 7.40. The molecule has 3 aromatic rings. The lowest BCUT2D eigenvalue weighted by molar-refractivity contribution is -0.144. The molecular weight excluding hydrogens is 415 g/mol. The number of aromatic nitrogens is 1. The molecule has 26 heavy (non-hydrogen) atoms. The number of rotatable bonds is 6. The molecule has 9 heteroatoms. The zero-order valence-corrected chi connectivity index (χ0v) is 16.3. The number of hydrogen-bond acceptors (Lipinski definition) is 6. The summed E-state index contributed by atoms with van der Waals surface area (Å²) in [5, 5.41) is 3.33. The number of halogens is 2. The number of fused-ring (bicyclic) bond motifs is 1. The number of carbonyl (C=O) groups is 2. The summed E-state index contributed by atoms with van der Waals surface area (Å²) in [5.41, 5.74) is 1.26. The van der Waals surface area contributed by atoms with Gasteiger partial charge in [0.2, 0.25) is 0 Å². The van der Waals surface area contributed by atoms with Gasteiger partial charge in [0, 0.05) is 5.02 Å². The SMILES string of the molecule is O=C(COC(=O)CSc1nc2ccccc2s1)Nc1cc(Cl)ccc1Cl. The third-order valence-electron chi connectivity index (χ3n) is 3.15. The largest absolute Gasteiger partial charge is 0.455 e. The molecule has 0 fully saturated rings. The summed E-state index contributed by atoms with van der Waals surface area (Å²) in [6.45, 7) is -0.401. The van der Waals surface area contributed by atoms with Crippen molar-refractivity contribution in [2.45, 2.75) is 4.34 Å². The van der Waals surface area contributed by atoms with Crippen molar-refractivity contribution >= 4 is 74.1 Å². The minimum Gasteiger partial charge on any atom is -0.455 e. The van der Waals surface area contributed by atoms with Crippen LogP contribution in [-0.2, 0) is 14.3 Å². The van der Waals surface area contributed by atoms with E-state index in [2.05, 4.69) is 10.3 Å². The minimum atomic E-state index is -0.499. The lowest BCUT2D eigenvalue weighted by Crippen LogP contribution is -2.21. The second-order valence-corrected chi connectivity index (χ2v) is 8.17. The molecule has 3 rings (SSSR count). The number of anilines is 1. The molecule has 2 aromatic carbocycles. The Balaban J connectivity index is 1.46. The summed E-state index contributed by atoms with van der Waals surface area (Å²) in [7, 11) is 0. The van der Waals surface area contributed by atoms with E-state index in [9.17, 15) is 9.59 Å². The first kappa shape index (κ1) is 19.0. The molecule has 5 nitrogen and oxygen atoms in total. The van der Waals surface area contributed by atoms with Crippen molar-refractivity contribution < 1.29 is 14.3 Å². The lowest BCUT2D eigenvalue weighted by atomic mass is 10.3. The number of hydrogen-bond donors (Lipinski definition) is 1. The first-order chi connectivity index (χ1) is 12.5. The van der Waals surface area contributed by atoms with Crippen molar-refractivity contribution in [1.82, 2.24) is 4.98 Å². The summed E-state index contributed by atoms with van der Waals surface area (Å²) in [6, 6.07) is 12.4. The highest BCUT2D eigenvalue weighted by atomic mass is 35.5. The van der Waals surface area contributed by atoms with E-state index in [-0.39, 0.29) is 5.75 Å². The van der Waals surface area contributed by atoms with Gasteiger partial charge in [-0.05, 0) is 30.3 Å². The molecule has 0 unspecified atom stereocenters. The van der Waals surface area contributed by atoms with E-state index in [4.69, 9.17) is 27.9 Å². The van der Waals surface area contributed by atoms with Crippen LogP contribution in [0.4, 0.5) is 5.69 Å². The Morgan fingerprint density at radius 3 is 2.81 bits per heavy atom. The summed E-state index contributed by atoms with van der Waals surface area (Å²) >= 11 is 14.6. The zero-order valence-electron chi connectivity index (χ0n) is 13.2. The molecule has 0 atom stereocenters. The van der Waals surface area contributed by atoms with E-state index in [0.29, 0.717) is 15.7 Å². The number of thioether (sulfide) groups is 1. The monoisotopic (exact) mass is 426 g/mol. The van der Waals surface area contributed by atoms with Gasteiger partial charge in [-0.1, -0.05) is 47.1 Å². The Morgan fingerprint density at radius 2 is 2.00 bits per heavy atom. The molecule has 0 saturated heterocycles. The summed E-state index contributed by atoms with van der Waals surface area (Å²) in [4.78, 5) is 28.1. The topological polar surface area (TPSA) is 68.3 Å². The molecule has 0 spiro atoms. The fourth-order valence-corrected chi connectivity index (χ4v) is 4.20. The Kier molecular flexibility index (Phi) is 6.37. The van der Waals surface area contributed by atoms with Crippen molar-refractivity contribution in [3.05, 3.63) is 52.5 Å². The molecule has 1 heterocycles. The average Bonchev–Trinajstić information content (AvgIpc) is 3.04. The predicted molar refractivity (Wildman–Crippen MR) is 106 cm³/mol. The van der Waals surface area contributed by atoms with Gasteiger partial charge in [-0.2, -0.15) is 0 Å². The molecule has 0 aliphatic heterocycles. The van der Waals surface area contributed by atoms with Crippen molar-refractivity contribution in [2.24, 2.45) is 0 Å². The van der Waals surface area contributed by atoms with E-state index in [1.54, 1.807) is 12.1 Å². The van der Waals surface area contributed by atoms with Gasteiger partial charge >= 0.3 is 5.97 Å². The molecule has 0 bridgehead atoms. The van der Waals surface area contributed by atoms with Crippen molar-refractivity contribution in [2.75, 3.05) is 17.7 Å². The minimum absolute atomic E-state index is 0.0744. The number of thiazole rings is 1. The Bertz CT molecular complexity index is 929. The summed E-state index contributed by atoms with van der Waals surface area (Å²) < 4.78 is 6.80. The summed E-state index contributed by atoms with van der Waals surface area (Å²) in [5.74, 6) is -0.917. The Morgan fingerprint density at radius 1 is 1.19 bits per heavy atom. The van der Waals surface area contributed by atoms with Crippen LogP contribution in [0.25, 0.3) is 10.2 Å². The summed E-state index contributed by atoms with van der Waals surface area (Å²) in [6.07, 6.45) is 0. The van der Waals surface area contributed by atoms with E-state index >= 15 is 0 Å². The molecule has 1 aromatic heterocycles. The van der Waals surface area contributed by atoms with Gasteiger partial charge in [0.15, 0.2) is 10.9 Å². The second kappa shape index (κ2) is 8.73. The Hall–Kier alpha value is -1.80. The maximum absolute atomic E-state index is 11.9. The maximum atomic E-state index is 11.9. The highest BCUT2D eigenvalue weighted by Crippen LogP contribution is 2.29. The van der Waals surface area contributed by atoms with Crippen LogP contribution in [0.15, 0.2) is 46.8 Å². The molecule has 1 amide bonds. The van der Waals surface area contributed by atoms with E-state index in [1.807, 2.05) is 24.3 Å². The van der Waals surface area contributed by atoms with Gasteiger partial charge in [0.25, 0.3) is 5.91 Å². The van der Waals surface area contributed by atoms with Gasteiger partial charge in [-0.3, -0.25) is 9.59 Å². The fraction of sp³-hybridized carbons (Fsp3) is 0.118. The maximum Gasteiger partial charge on any atom is 0.316 e. The van der Waals surface area contributed by atoms with Crippen LogP contribution in [0.1, 0.15) is 0 Å².